The SMILES string of the molecule is COc1cc2ccc1OCC(=O)NCCCN(C(=O)C1CCCC1)CCCCNC(=O)[C@H]([C@@H](C)O)NC(=O)[C@@H](CC(C)C)NC(=O)CC2. The van der Waals surface area contributed by atoms with E-state index in [-0.39, 0.29) is 42.6 Å². The number of hydrogen-bond acceptors (Lipinski definition) is 8. The molecule has 4 rings (SSSR count). The number of aliphatic hydroxyl groups is 1. The lowest BCUT2D eigenvalue weighted by atomic mass is 10.0. The second-order valence-electron chi connectivity index (χ2n) is 13.3. The van der Waals surface area contributed by atoms with Crippen molar-refractivity contribution in [2.45, 2.75) is 103 Å². The highest BCUT2D eigenvalue weighted by Gasteiger charge is 2.30. The van der Waals surface area contributed by atoms with E-state index in [1.54, 1.807) is 18.2 Å². The molecule has 268 valence electrons. The molecule has 1 aromatic rings. The van der Waals surface area contributed by atoms with Gasteiger partial charge in [0.05, 0.1) is 13.2 Å². The smallest absolute Gasteiger partial charge is 0.257 e. The molecule has 1 aromatic carbocycles. The summed E-state index contributed by atoms with van der Waals surface area (Å²) in [7, 11) is 1.49. The van der Waals surface area contributed by atoms with E-state index in [0.717, 1.165) is 31.2 Å². The second-order valence-corrected chi connectivity index (χ2v) is 13.3. The van der Waals surface area contributed by atoms with E-state index in [1.165, 1.54) is 14.0 Å². The summed E-state index contributed by atoms with van der Waals surface area (Å²) >= 11 is 0. The molecule has 3 atom stereocenters. The maximum absolute atomic E-state index is 13.3. The number of methoxy groups -OCH3 is 1. The zero-order chi connectivity index (χ0) is 35.1. The van der Waals surface area contributed by atoms with E-state index in [4.69, 9.17) is 9.47 Å². The summed E-state index contributed by atoms with van der Waals surface area (Å²) in [5, 5.41) is 21.5. The minimum absolute atomic E-state index is 0.0223. The number of nitrogens with zero attached hydrogens (tertiary/aromatic N) is 1. The number of carbonyl (C=O) groups excluding carboxylic acids is 5. The highest BCUT2D eigenvalue weighted by atomic mass is 16.5. The maximum atomic E-state index is 13.3. The van der Waals surface area contributed by atoms with E-state index in [0.29, 0.717) is 69.8 Å². The van der Waals surface area contributed by atoms with Crippen LogP contribution in [0.25, 0.3) is 0 Å². The van der Waals surface area contributed by atoms with E-state index >= 15 is 0 Å². The molecule has 5 N–H and O–H groups in total. The summed E-state index contributed by atoms with van der Waals surface area (Å²) in [5.41, 5.74) is 0.799. The molecule has 1 saturated carbocycles. The van der Waals surface area contributed by atoms with Crippen LogP contribution in [0.4, 0.5) is 0 Å². The molecule has 0 unspecified atom stereocenters. The molecular formula is C35H55N5O8. The average Bonchev–Trinajstić information content (AvgIpc) is 3.60. The molecule has 0 aromatic heterocycles. The van der Waals surface area contributed by atoms with Crippen molar-refractivity contribution in [1.82, 2.24) is 26.2 Å². The quantitative estimate of drug-likeness (QED) is 0.294. The Morgan fingerprint density at radius 3 is 2.31 bits per heavy atom. The van der Waals surface area contributed by atoms with Crippen LogP contribution in [0.3, 0.4) is 0 Å². The Kier molecular flexibility index (Phi) is 15.9. The third-order valence-electron chi connectivity index (χ3n) is 8.75. The van der Waals surface area contributed by atoms with Gasteiger partial charge in [-0.15, -0.1) is 0 Å². The van der Waals surface area contributed by atoms with Gasteiger partial charge in [0.1, 0.15) is 12.1 Å². The zero-order valence-electron chi connectivity index (χ0n) is 29.0. The van der Waals surface area contributed by atoms with Gasteiger partial charge in [0.2, 0.25) is 23.6 Å². The lowest BCUT2D eigenvalue weighted by Crippen LogP contribution is -2.57. The monoisotopic (exact) mass is 673 g/mol. The van der Waals surface area contributed by atoms with Gasteiger partial charge in [-0.05, 0) is 75.5 Å². The normalized spacial score (nSPS) is 22.7. The molecule has 2 bridgehead atoms. The van der Waals surface area contributed by atoms with Gasteiger partial charge in [-0.2, -0.15) is 0 Å². The van der Waals surface area contributed by atoms with Crippen LogP contribution < -0.4 is 30.7 Å². The van der Waals surface area contributed by atoms with Gasteiger partial charge in [-0.1, -0.05) is 32.8 Å². The van der Waals surface area contributed by atoms with Crippen molar-refractivity contribution in [3.8, 4) is 11.5 Å². The molecule has 0 spiro atoms. The first kappa shape index (κ1) is 38.6. The van der Waals surface area contributed by atoms with Gasteiger partial charge >= 0.3 is 0 Å². The van der Waals surface area contributed by atoms with E-state index < -0.39 is 30.0 Å². The molecule has 0 radical (unpaired) electrons. The largest absolute Gasteiger partial charge is 0.493 e. The fourth-order valence-electron chi connectivity index (χ4n) is 6.08. The highest BCUT2D eigenvalue weighted by Crippen LogP contribution is 2.29. The second kappa shape index (κ2) is 19.8. The van der Waals surface area contributed by atoms with Crippen molar-refractivity contribution in [1.29, 1.82) is 0 Å². The Morgan fingerprint density at radius 2 is 1.62 bits per heavy atom. The standard InChI is InChI=1S/C35H55N5O8/c1-23(2)20-27-33(44)39-32(24(3)41)34(45)37-16-7-8-18-40(35(46)26-10-5-6-11-26)19-9-17-36-31(43)22-48-28-14-12-25(21-29(28)47-4)13-15-30(42)38-27/h12,14,21,23-24,26-27,32,41H,5-11,13,15-20,22H2,1-4H3,(H,36,43)(H,37,45)(H,38,42)(H,39,44)/t24-,27-,32+/m1/s1. The molecule has 0 saturated heterocycles. The van der Waals surface area contributed by atoms with E-state index in [1.807, 2.05) is 18.7 Å². The van der Waals surface area contributed by atoms with E-state index in [9.17, 15) is 29.1 Å². The number of rotatable bonds is 5. The molecule has 48 heavy (non-hydrogen) atoms. The number of ether oxygens (including phenoxy) is 2. The number of amides is 5. The Balaban J connectivity index is 1.76. The minimum atomic E-state index is -1.20. The Labute approximate surface area is 284 Å². The number of nitrogens with one attached hydrogen (secondary N) is 4. The van der Waals surface area contributed by atoms with E-state index in [2.05, 4.69) is 21.3 Å². The maximum Gasteiger partial charge on any atom is 0.257 e. The fraction of sp³-hybridized carbons (Fsp3) is 0.686. The number of carbonyl (C=O) groups is 5. The van der Waals surface area contributed by atoms with Gasteiger partial charge < -0.3 is 40.7 Å². The molecule has 1 fully saturated rings. The molecule has 5 amide bonds. The fourth-order valence-corrected chi connectivity index (χ4v) is 6.08. The van der Waals surface area contributed by atoms with Gasteiger partial charge in [-0.3, -0.25) is 24.0 Å². The topological polar surface area (TPSA) is 175 Å². The van der Waals surface area contributed by atoms with Crippen molar-refractivity contribution >= 4 is 29.5 Å². The van der Waals surface area contributed by atoms with Crippen LogP contribution in [0.1, 0.15) is 84.1 Å². The lowest BCUT2D eigenvalue weighted by Gasteiger charge is -2.26. The summed E-state index contributed by atoms with van der Waals surface area (Å²) < 4.78 is 11.2. The Morgan fingerprint density at radius 1 is 0.917 bits per heavy atom. The van der Waals surface area contributed by atoms with Crippen LogP contribution in [-0.4, -0.2) is 97.6 Å². The van der Waals surface area contributed by atoms with Crippen LogP contribution in [-0.2, 0) is 30.4 Å². The third-order valence-corrected chi connectivity index (χ3v) is 8.75. The predicted molar refractivity (Wildman–Crippen MR) is 180 cm³/mol. The van der Waals surface area contributed by atoms with Crippen LogP contribution in [0.15, 0.2) is 18.2 Å². The van der Waals surface area contributed by atoms with Crippen molar-refractivity contribution in [3.05, 3.63) is 23.8 Å². The highest BCUT2D eigenvalue weighted by molar-refractivity contribution is 5.92. The first-order valence-corrected chi connectivity index (χ1v) is 17.4. The van der Waals surface area contributed by atoms with Gasteiger partial charge in [0, 0.05) is 38.5 Å². The Hall–Kier alpha value is -3.87. The van der Waals surface area contributed by atoms with Gasteiger partial charge in [0.15, 0.2) is 18.1 Å². The molecule has 13 heteroatoms. The number of aliphatic hydroxyl groups excluding tert-OH is 1. The number of hydrogen-bond donors (Lipinski definition) is 5. The van der Waals surface area contributed by atoms with Crippen LogP contribution in [0.5, 0.6) is 11.5 Å². The van der Waals surface area contributed by atoms with Crippen LogP contribution in [0, 0.1) is 11.8 Å². The average molecular weight is 674 g/mol. The molecule has 1 aliphatic carbocycles. The van der Waals surface area contributed by atoms with Crippen LogP contribution >= 0.6 is 0 Å². The zero-order valence-corrected chi connectivity index (χ0v) is 29.0. The predicted octanol–water partition coefficient (Wildman–Crippen LogP) is 1.84. The summed E-state index contributed by atoms with van der Waals surface area (Å²) in [6, 6.07) is 3.11. The van der Waals surface area contributed by atoms with Crippen molar-refractivity contribution < 1.29 is 38.6 Å². The summed E-state index contributed by atoms with van der Waals surface area (Å²) in [4.78, 5) is 67.0. The molecular weight excluding hydrogens is 618 g/mol. The number of fused-ring (bicyclic) bond motifs is 23. The lowest BCUT2D eigenvalue weighted by molar-refractivity contribution is -0.135. The third kappa shape index (κ3) is 12.6. The first-order valence-electron chi connectivity index (χ1n) is 17.4. The number of aryl methyl sites for hydroxylation is 1. The van der Waals surface area contributed by atoms with Crippen molar-refractivity contribution in [2.24, 2.45) is 11.8 Å². The molecule has 2 heterocycles. The van der Waals surface area contributed by atoms with Crippen molar-refractivity contribution in [3.63, 3.8) is 0 Å². The summed E-state index contributed by atoms with van der Waals surface area (Å²) in [6.45, 7) is 6.79. The summed E-state index contributed by atoms with van der Waals surface area (Å²) in [5.74, 6) is -0.670. The van der Waals surface area contributed by atoms with Gasteiger partial charge in [-0.25, -0.2) is 0 Å². The molecule has 13 nitrogen and oxygen atoms in total. The summed E-state index contributed by atoms with van der Waals surface area (Å²) in [6.07, 6.45) is 5.31. The minimum Gasteiger partial charge on any atom is -0.493 e. The first-order chi connectivity index (χ1) is 23.0. The number of benzene rings is 1. The molecule has 3 aliphatic rings. The van der Waals surface area contributed by atoms with Crippen molar-refractivity contribution in [2.75, 3.05) is 39.9 Å². The Bertz CT molecular complexity index is 1230. The van der Waals surface area contributed by atoms with Crippen LogP contribution in [0.2, 0.25) is 0 Å². The van der Waals surface area contributed by atoms with Gasteiger partial charge in [0.25, 0.3) is 5.91 Å². The molecule has 2 aliphatic heterocycles.